The van der Waals surface area contributed by atoms with E-state index in [1.165, 1.54) is 0 Å². The predicted octanol–water partition coefficient (Wildman–Crippen LogP) is 4.26. The summed E-state index contributed by atoms with van der Waals surface area (Å²) in [6.45, 7) is 0. The van der Waals surface area contributed by atoms with Crippen LogP contribution in [0.4, 0.5) is 0 Å². The molecule has 0 spiro atoms. The first-order valence-corrected chi connectivity index (χ1v) is 18.0. The summed E-state index contributed by atoms with van der Waals surface area (Å²) in [4.78, 5) is 14.1. The van der Waals surface area contributed by atoms with Crippen molar-refractivity contribution in [3.05, 3.63) is 0 Å². The van der Waals surface area contributed by atoms with Crippen LogP contribution in [0.15, 0.2) is 0 Å². The van der Waals surface area contributed by atoms with E-state index >= 15 is 0 Å². The van der Waals surface area contributed by atoms with E-state index in [0.717, 1.165) is 0 Å². The van der Waals surface area contributed by atoms with E-state index in [9.17, 15) is 0 Å². The molecule has 0 radical (unpaired) electrons. The van der Waals surface area contributed by atoms with E-state index in [1.54, 1.807) is 0 Å². The molecular formula is C8H28Sb2. The quantitative estimate of drug-likeness (QED) is 0.560. The summed E-state index contributed by atoms with van der Waals surface area (Å²) < 4.78 is 0. The molecule has 0 heterocycles. The van der Waals surface area contributed by atoms with Crippen LogP contribution in [0.1, 0.15) is 16.3 Å². The molecule has 2 heteroatoms. The van der Waals surface area contributed by atoms with Gasteiger partial charge in [0, 0.05) is 1.43 Å². The van der Waals surface area contributed by atoms with Gasteiger partial charge in [-0.2, -0.15) is 0 Å². The molecule has 0 nitrogen and oxygen atoms in total. The Labute approximate surface area is 85.2 Å². The minimum atomic E-state index is -0.450. The van der Waals surface area contributed by atoms with Gasteiger partial charge >= 0.3 is 69.6 Å². The molecule has 0 aromatic carbocycles. The first-order chi connectivity index (χ1) is 3.46. The second-order valence-corrected chi connectivity index (χ2v) is 18.0. The molecule has 0 aliphatic rings. The van der Waals surface area contributed by atoms with Crippen molar-refractivity contribution in [2.45, 2.75) is 44.1 Å². The Morgan fingerprint density at radius 1 is 0.600 bits per heavy atom. The summed E-state index contributed by atoms with van der Waals surface area (Å²) in [6.07, 6.45) is 0. The van der Waals surface area contributed by atoms with Crippen molar-refractivity contribution in [2.24, 2.45) is 0 Å². The Hall–Kier alpha value is 1.64. The Kier molecular flexibility index (Phi) is 38.2. The second kappa shape index (κ2) is 16.9. The summed E-state index contributed by atoms with van der Waals surface area (Å²) in [5.41, 5.74) is 0. The molecule has 0 amide bonds. The molecule has 0 aliphatic carbocycles. The normalized spacial score (nSPS) is 7.20. The van der Waals surface area contributed by atoms with Gasteiger partial charge in [0.05, 0.1) is 0 Å². The third-order valence-electron chi connectivity index (χ3n) is 0. The molecule has 0 fully saturated rings. The molecule has 0 saturated carbocycles. The van der Waals surface area contributed by atoms with Crippen LogP contribution in [-0.2, 0) is 0 Å². The van der Waals surface area contributed by atoms with Crippen molar-refractivity contribution in [2.75, 3.05) is 0 Å². The van der Waals surface area contributed by atoms with Gasteiger partial charge in [0.25, 0.3) is 0 Å². The van der Waals surface area contributed by atoms with Crippen molar-refractivity contribution >= 4 is 40.4 Å². The zero-order chi connectivity index (χ0) is 7.15. The van der Waals surface area contributed by atoms with E-state index in [4.69, 9.17) is 0 Å². The summed E-state index contributed by atoms with van der Waals surface area (Å²) in [5.74, 6) is 0. The van der Waals surface area contributed by atoms with Gasteiger partial charge in [-0.25, -0.2) is 0 Å². The number of hydrogen-bond donors (Lipinski definition) is 0. The molecule has 0 atom stereocenters. The van der Waals surface area contributed by atoms with Crippen LogP contribution in [0.5, 0.6) is 0 Å². The average Bonchev–Trinajstić information content (AvgIpc) is 1.25. The molecule has 0 saturated heterocycles. The SMILES string of the molecule is C.C.[2HH].[CH3][Sb]([CH3])[CH3].[CH3][Sb]([CH3])[CH3]. The van der Waals surface area contributed by atoms with Gasteiger partial charge in [-0.05, 0) is 0 Å². The van der Waals surface area contributed by atoms with E-state index in [-0.39, 0.29) is 16.3 Å². The first-order valence-electron chi connectivity index (χ1n) is 2.68. The van der Waals surface area contributed by atoms with Crippen molar-refractivity contribution in [1.29, 1.82) is 0 Å². The maximum atomic E-state index is 2.35. The van der Waals surface area contributed by atoms with Gasteiger partial charge in [-0.1, -0.05) is 14.9 Å². The topological polar surface area (TPSA) is 0 Å². The van der Waals surface area contributed by atoms with Crippen LogP contribution >= 0.6 is 0 Å². The van der Waals surface area contributed by atoms with Crippen LogP contribution < -0.4 is 0 Å². The van der Waals surface area contributed by atoms with Gasteiger partial charge in [0.1, 0.15) is 0 Å². The van der Waals surface area contributed by atoms with Gasteiger partial charge in [-0.15, -0.1) is 0 Å². The fraction of sp³-hybridized carbons (Fsp3) is 1.00. The van der Waals surface area contributed by atoms with Crippen LogP contribution in [-0.4, -0.2) is 40.4 Å². The fourth-order valence-corrected chi connectivity index (χ4v) is 0. The average molecular weight is 369 g/mol. The number of hydrogen-bond acceptors (Lipinski definition) is 0. The van der Waals surface area contributed by atoms with E-state index in [1.807, 2.05) is 0 Å². The maximum absolute atomic E-state index is 2.35. The molecular weight excluding hydrogens is 340 g/mol. The molecule has 0 rings (SSSR count). The number of rotatable bonds is 0. The van der Waals surface area contributed by atoms with E-state index in [0.29, 0.717) is 0 Å². The molecule has 70 valence electrons. The standard InChI is InChI=1S/2CH4.6CH3.2Sb.H2/h2*1H4;6*1H3;;;1H/i;;;;;;;;;;1+1. The van der Waals surface area contributed by atoms with Crippen molar-refractivity contribution in [3.63, 3.8) is 0 Å². The molecule has 0 bridgehead atoms. The Balaban J connectivity index is -0.0000000171. The Morgan fingerprint density at radius 2 is 0.600 bits per heavy atom. The van der Waals surface area contributed by atoms with Crippen LogP contribution in [0.3, 0.4) is 0 Å². The Bertz CT molecular complexity index is 27.6. The summed E-state index contributed by atoms with van der Waals surface area (Å²) >= 11 is -0.900. The van der Waals surface area contributed by atoms with Crippen LogP contribution in [0.2, 0.25) is 29.2 Å². The zero-order valence-electron chi connectivity index (χ0n) is 6.89. The first kappa shape index (κ1) is 22.6. The predicted molar refractivity (Wildman–Crippen MR) is 62.3 cm³/mol. The van der Waals surface area contributed by atoms with Crippen molar-refractivity contribution in [3.8, 4) is 0 Å². The zero-order valence-corrected chi connectivity index (χ0v) is 12.0. The van der Waals surface area contributed by atoms with Gasteiger partial charge < -0.3 is 0 Å². The van der Waals surface area contributed by atoms with Gasteiger partial charge in [-0.3, -0.25) is 0 Å². The molecule has 0 N–H and O–H groups in total. The molecule has 0 aromatic rings. The van der Waals surface area contributed by atoms with Crippen LogP contribution in [0.25, 0.3) is 0 Å². The second-order valence-electron chi connectivity index (χ2n) is 2.68. The Morgan fingerprint density at radius 3 is 0.600 bits per heavy atom. The fourth-order valence-electron chi connectivity index (χ4n) is 0. The van der Waals surface area contributed by atoms with E-state index in [2.05, 4.69) is 29.2 Å². The third kappa shape index (κ3) is 268. The summed E-state index contributed by atoms with van der Waals surface area (Å²) in [5, 5.41) is 0. The third-order valence-corrected chi connectivity index (χ3v) is 0. The minimum absolute atomic E-state index is 0. The van der Waals surface area contributed by atoms with Crippen molar-refractivity contribution < 1.29 is 1.43 Å². The molecule has 10 heavy (non-hydrogen) atoms. The summed E-state index contributed by atoms with van der Waals surface area (Å²) in [7, 11) is 0. The molecule has 0 aliphatic heterocycles. The monoisotopic (exact) mass is 367 g/mol. The van der Waals surface area contributed by atoms with E-state index < -0.39 is 40.4 Å². The molecule has 0 unspecified atom stereocenters. The van der Waals surface area contributed by atoms with Gasteiger partial charge in [0.2, 0.25) is 0 Å². The van der Waals surface area contributed by atoms with Gasteiger partial charge in [0.15, 0.2) is 0 Å². The molecule has 0 aromatic heterocycles. The summed E-state index contributed by atoms with van der Waals surface area (Å²) in [6, 6.07) is 0. The van der Waals surface area contributed by atoms with Crippen molar-refractivity contribution in [1.82, 2.24) is 0 Å². The van der Waals surface area contributed by atoms with Crippen LogP contribution in [0, 0.1) is 0 Å².